The van der Waals surface area contributed by atoms with Crippen molar-refractivity contribution < 1.29 is 8.42 Å². The number of aryl methyl sites for hydroxylation is 1. The second-order valence-corrected chi connectivity index (χ2v) is 10.9. The van der Waals surface area contributed by atoms with Gasteiger partial charge in [0, 0.05) is 24.5 Å². The average molecular weight is 492 g/mol. The Kier molecular flexibility index (Phi) is 6.62. The predicted octanol–water partition coefficient (Wildman–Crippen LogP) is 4.79. The number of nitrogens with one attached hydrogen (secondary N) is 2. The summed E-state index contributed by atoms with van der Waals surface area (Å²) in [6.45, 7) is 4.02. The van der Waals surface area contributed by atoms with Crippen LogP contribution in [0.2, 0.25) is 5.02 Å². The minimum Gasteiger partial charge on any atom is -0.368 e. The number of aromatic nitrogens is 1. The van der Waals surface area contributed by atoms with Gasteiger partial charge in [-0.2, -0.15) is 0 Å². The maximum atomic E-state index is 12.6. The van der Waals surface area contributed by atoms with E-state index < -0.39 is 10.0 Å². The Morgan fingerprint density at radius 2 is 1.97 bits per heavy atom. The van der Waals surface area contributed by atoms with E-state index in [0.717, 1.165) is 30.9 Å². The molecule has 0 aliphatic carbocycles. The molecule has 32 heavy (non-hydrogen) atoms. The number of benzene rings is 2. The lowest BCUT2D eigenvalue weighted by Crippen LogP contribution is -2.31. The molecule has 4 rings (SSSR count). The summed E-state index contributed by atoms with van der Waals surface area (Å²) in [6.07, 6.45) is 1.11. The highest BCUT2D eigenvalue weighted by molar-refractivity contribution is 7.92. The molecular weight excluding hydrogens is 466 g/mol. The van der Waals surface area contributed by atoms with Crippen LogP contribution in [0.15, 0.2) is 52.2 Å². The Bertz CT molecular complexity index is 1200. The quantitative estimate of drug-likeness (QED) is 0.494. The molecule has 170 valence electrons. The van der Waals surface area contributed by atoms with E-state index in [2.05, 4.69) is 58.0 Å². The van der Waals surface area contributed by atoms with Crippen LogP contribution in [0.1, 0.15) is 12.0 Å². The van der Waals surface area contributed by atoms with Gasteiger partial charge in [0.05, 0.1) is 32.5 Å². The monoisotopic (exact) mass is 491 g/mol. The fourth-order valence-corrected chi connectivity index (χ4v) is 5.64. The lowest BCUT2D eigenvalue weighted by molar-refractivity contribution is 0.315. The lowest BCUT2D eigenvalue weighted by atomic mass is 10.1. The third-order valence-electron chi connectivity index (χ3n) is 5.58. The van der Waals surface area contributed by atoms with E-state index >= 15 is 0 Å². The third kappa shape index (κ3) is 5.01. The van der Waals surface area contributed by atoms with Crippen molar-refractivity contribution in [3.8, 4) is 0 Å². The van der Waals surface area contributed by atoms with Gasteiger partial charge in [0.2, 0.25) is 0 Å². The van der Waals surface area contributed by atoms with Crippen LogP contribution in [0, 0.1) is 6.92 Å². The summed E-state index contributed by atoms with van der Waals surface area (Å²) in [4.78, 5) is 8.69. The zero-order valence-electron chi connectivity index (χ0n) is 18.2. The maximum absolute atomic E-state index is 12.6. The molecule has 0 unspecified atom stereocenters. The molecule has 1 aromatic heterocycles. The van der Waals surface area contributed by atoms with Crippen molar-refractivity contribution in [1.29, 1.82) is 0 Å². The van der Waals surface area contributed by atoms with Gasteiger partial charge < -0.3 is 15.1 Å². The predicted molar refractivity (Wildman–Crippen MR) is 133 cm³/mol. The Hall–Kier alpha value is -2.33. The maximum Gasteiger partial charge on any atom is 0.263 e. The van der Waals surface area contributed by atoms with Crippen molar-refractivity contribution in [1.82, 2.24) is 9.88 Å². The fourth-order valence-electron chi connectivity index (χ4n) is 3.76. The highest BCUT2D eigenvalue weighted by Gasteiger charge is 2.26. The smallest absolute Gasteiger partial charge is 0.263 e. The number of anilines is 4. The number of sulfonamides is 1. The van der Waals surface area contributed by atoms with Crippen LogP contribution < -0.4 is 14.9 Å². The number of hydrogen-bond acceptors (Lipinski definition) is 7. The van der Waals surface area contributed by atoms with Crippen molar-refractivity contribution in [2.75, 3.05) is 42.1 Å². The molecule has 2 N–H and O–H groups in total. The zero-order chi connectivity index (χ0) is 22.9. The first-order chi connectivity index (χ1) is 15.2. The highest BCUT2D eigenvalue weighted by atomic mass is 35.5. The van der Waals surface area contributed by atoms with Crippen LogP contribution in [-0.4, -0.2) is 51.5 Å². The summed E-state index contributed by atoms with van der Waals surface area (Å²) in [5.74, 6) is 0.291. The van der Waals surface area contributed by atoms with E-state index in [-0.39, 0.29) is 4.90 Å². The van der Waals surface area contributed by atoms with Crippen LogP contribution in [0.3, 0.4) is 0 Å². The molecule has 10 heteroatoms. The van der Waals surface area contributed by atoms with Crippen molar-refractivity contribution in [2.45, 2.75) is 24.3 Å². The van der Waals surface area contributed by atoms with E-state index in [1.54, 1.807) is 17.0 Å². The molecule has 2 aromatic carbocycles. The average Bonchev–Trinajstić information content (AvgIpc) is 3.42. The second-order valence-electron chi connectivity index (χ2n) is 8.12. The Labute approximate surface area is 198 Å². The minimum atomic E-state index is -3.77. The molecular formula is C22H26ClN5O2S2. The van der Waals surface area contributed by atoms with E-state index in [9.17, 15) is 8.42 Å². The number of rotatable bonds is 7. The second kappa shape index (κ2) is 9.27. The standard InChI is InChI=1S/C22H26ClN5O2S2/c1-15-4-6-20(21(10-15)28-9-8-16(12-28)27(2)3)25-19-7-5-17(11-18(19)23)32(29,30)26-22-13-31-14-24-22/h4-7,10-11,13-14,16,25-26H,8-9,12H2,1-3H3/t16-/m0/s1. The normalized spacial score (nSPS) is 16.5. The van der Waals surface area contributed by atoms with E-state index in [1.807, 2.05) is 6.07 Å². The van der Waals surface area contributed by atoms with Gasteiger partial charge >= 0.3 is 0 Å². The van der Waals surface area contributed by atoms with Gasteiger partial charge in [-0.25, -0.2) is 13.4 Å². The van der Waals surface area contributed by atoms with Gasteiger partial charge in [-0.15, -0.1) is 11.3 Å². The van der Waals surface area contributed by atoms with Gasteiger partial charge in [0.1, 0.15) is 0 Å². The van der Waals surface area contributed by atoms with Gasteiger partial charge in [0.25, 0.3) is 10.0 Å². The summed E-state index contributed by atoms with van der Waals surface area (Å²) in [5.41, 5.74) is 5.45. The van der Waals surface area contributed by atoms with Gasteiger partial charge in [0.15, 0.2) is 5.82 Å². The number of thiazole rings is 1. The molecule has 2 heterocycles. The van der Waals surface area contributed by atoms with Crippen molar-refractivity contribution in [2.24, 2.45) is 0 Å². The summed E-state index contributed by atoms with van der Waals surface area (Å²) in [6, 6.07) is 11.5. The van der Waals surface area contributed by atoms with Crippen LogP contribution >= 0.6 is 22.9 Å². The van der Waals surface area contributed by atoms with Crippen LogP contribution in [0.4, 0.5) is 22.9 Å². The van der Waals surface area contributed by atoms with E-state index in [0.29, 0.717) is 22.6 Å². The van der Waals surface area contributed by atoms with Crippen LogP contribution in [0.5, 0.6) is 0 Å². The van der Waals surface area contributed by atoms with Crippen molar-refractivity contribution >= 4 is 55.8 Å². The molecule has 0 radical (unpaired) electrons. The number of halogens is 1. The van der Waals surface area contributed by atoms with Gasteiger partial charge in [-0.3, -0.25) is 4.72 Å². The first-order valence-electron chi connectivity index (χ1n) is 10.2. The number of hydrogen-bond donors (Lipinski definition) is 2. The summed E-state index contributed by atoms with van der Waals surface area (Å²) >= 11 is 7.80. The molecule has 3 aromatic rings. The first-order valence-corrected chi connectivity index (χ1v) is 13.0. The van der Waals surface area contributed by atoms with Gasteiger partial charge in [-0.05, 0) is 63.3 Å². The molecule has 1 aliphatic rings. The largest absolute Gasteiger partial charge is 0.368 e. The summed E-state index contributed by atoms with van der Waals surface area (Å²) < 4.78 is 27.7. The Morgan fingerprint density at radius 1 is 1.19 bits per heavy atom. The minimum absolute atomic E-state index is 0.0820. The molecule has 0 saturated carbocycles. The zero-order valence-corrected chi connectivity index (χ0v) is 20.6. The van der Waals surface area contributed by atoms with Crippen LogP contribution in [-0.2, 0) is 10.0 Å². The Balaban J connectivity index is 1.57. The molecule has 1 aliphatic heterocycles. The SMILES string of the molecule is Cc1ccc(Nc2ccc(S(=O)(=O)Nc3cscn3)cc2Cl)c(N2CC[C@H](N(C)C)C2)c1. The molecule has 1 fully saturated rings. The number of likely N-dealkylation sites (N-methyl/N-ethyl adjacent to an activating group) is 1. The first kappa shape index (κ1) is 22.8. The summed E-state index contributed by atoms with van der Waals surface area (Å²) in [5, 5.41) is 5.36. The van der Waals surface area contributed by atoms with E-state index in [4.69, 9.17) is 11.6 Å². The number of nitrogens with zero attached hydrogens (tertiary/aromatic N) is 3. The van der Waals surface area contributed by atoms with E-state index in [1.165, 1.54) is 29.0 Å². The van der Waals surface area contributed by atoms with Crippen LogP contribution in [0.25, 0.3) is 0 Å². The molecule has 0 bridgehead atoms. The van der Waals surface area contributed by atoms with Crippen molar-refractivity contribution in [3.63, 3.8) is 0 Å². The molecule has 1 atom stereocenters. The lowest BCUT2D eigenvalue weighted by Gasteiger charge is -2.25. The Morgan fingerprint density at radius 3 is 2.62 bits per heavy atom. The molecule has 0 spiro atoms. The summed E-state index contributed by atoms with van der Waals surface area (Å²) in [7, 11) is 0.459. The fraction of sp³-hybridized carbons (Fsp3) is 0.318. The highest BCUT2D eigenvalue weighted by Crippen LogP contribution is 2.35. The molecule has 7 nitrogen and oxygen atoms in total. The van der Waals surface area contributed by atoms with Gasteiger partial charge in [-0.1, -0.05) is 17.7 Å². The molecule has 1 saturated heterocycles. The topological polar surface area (TPSA) is 77.6 Å². The third-order valence-corrected chi connectivity index (χ3v) is 7.83. The molecule has 0 amide bonds. The van der Waals surface area contributed by atoms with Crippen molar-refractivity contribution in [3.05, 3.63) is 57.9 Å².